The molecule has 1 aliphatic heterocycles. The van der Waals surface area contributed by atoms with Crippen LogP contribution in [0.5, 0.6) is 0 Å². The predicted octanol–water partition coefficient (Wildman–Crippen LogP) is 3.81. The minimum absolute atomic E-state index is 0.0351. The Kier molecular flexibility index (Phi) is 4.94. The van der Waals surface area contributed by atoms with Crippen molar-refractivity contribution in [3.05, 3.63) is 88.7 Å². The third-order valence-electron chi connectivity index (χ3n) is 5.30. The highest BCUT2D eigenvalue weighted by atomic mass is 19.1. The van der Waals surface area contributed by atoms with E-state index in [9.17, 15) is 13.6 Å². The van der Waals surface area contributed by atoms with Gasteiger partial charge >= 0.3 is 0 Å². The van der Waals surface area contributed by atoms with Gasteiger partial charge in [-0.05, 0) is 34.7 Å². The first kappa shape index (κ1) is 18.3. The third kappa shape index (κ3) is 3.67. The first-order valence-electron chi connectivity index (χ1n) is 9.29. The number of carbonyl (C=O) groups is 1. The molecule has 1 atom stereocenters. The molecule has 2 aromatic carbocycles. The summed E-state index contributed by atoms with van der Waals surface area (Å²) in [6.07, 6.45) is 4.25. The molecule has 4 rings (SSSR count). The van der Waals surface area contributed by atoms with E-state index < -0.39 is 11.6 Å². The van der Waals surface area contributed by atoms with E-state index in [0.717, 1.165) is 17.2 Å². The lowest BCUT2D eigenvalue weighted by Gasteiger charge is -2.34. The molecule has 1 aromatic heterocycles. The molecular weight excluding hydrogens is 360 g/mol. The van der Waals surface area contributed by atoms with Crippen LogP contribution in [0.15, 0.2) is 54.9 Å². The van der Waals surface area contributed by atoms with Crippen LogP contribution in [0.2, 0.25) is 0 Å². The highest BCUT2D eigenvalue weighted by molar-refractivity contribution is 5.77. The molecule has 0 saturated heterocycles. The lowest BCUT2D eigenvalue weighted by molar-refractivity contribution is -0.132. The molecule has 1 amide bonds. The molecule has 0 N–H and O–H groups in total. The standard InChI is InChI=1S/C22H21F2N3O/c1-26-12-17(11-25-26)20-14-27(13-16-4-2-3-5-19(16)20)22(28)9-7-15-6-8-18(23)10-21(15)24/h2-6,8,10-12,20H,7,9,13-14H2,1H3. The van der Waals surface area contributed by atoms with Crippen molar-refractivity contribution < 1.29 is 13.6 Å². The molecule has 0 radical (unpaired) electrons. The van der Waals surface area contributed by atoms with Gasteiger partial charge in [-0.3, -0.25) is 9.48 Å². The van der Waals surface area contributed by atoms with E-state index in [1.54, 1.807) is 4.68 Å². The second-order valence-electron chi connectivity index (χ2n) is 7.21. The third-order valence-corrected chi connectivity index (χ3v) is 5.30. The molecule has 0 bridgehead atoms. The molecule has 4 nitrogen and oxygen atoms in total. The fourth-order valence-corrected chi connectivity index (χ4v) is 3.83. The number of hydrogen-bond acceptors (Lipinski definition) is 2. The number of hydrogen-bond donors (Lipinski definition) is 0. The quantitative estimate of drug-likeness (QED) is 0.689. The van der Waals surface area contributed by atoms with E-state index in [2.05, 4.69) is 11.2 Å². The smallest absolute Gasteiger partial charge is 0.223 e. The van der Waals surface area contributed by atoms with Crippen molar-refractivity contribution >= 4 is 5.91 Å². The van der Waals surface area contributed by atoms with Gasteiger partial charge in [0.1, 0.15) is 11.6 Å². The highest BCUT2D eigenvalue weighted by Gasteiger charge is 2.29. The summed E-state index contributed by atoms with van der Waals surface area (Å²) < 4.78 is 28.7. The second-order valence-corrected chi connectivity index (χ2v) is 7.21. The van der Waals surface area contributed by atoms with Crippen molar-refractivity contribution in [1.82, 2.24) is 14.7 Å². The summed E-state index contributed by atoms with van der Waals surface area (Å²) in [5.41, 5.74) is 3.75. The molecule has 1 aliphatic rings. The summed E-state index contributed by atoms with van der Waals surface area (Å²) in [5.74, 6) is -1.19. The Hall–Kier alpha value is -3.02. The lowest BCUT2D eigenvalue weighted by Crippen LogP contribution is -2.38. The topological polar surface area (TPSA) is 38.1 Å². The van der Waals surface area contributed by atoms with Gasteiger partial charge in [-0.25, -0.2) is 8.78 Å². The maximum atomic E-state index is 13.9. The number of fused-ring (bicyclic) bond motifs is 1. The molecular formula is C22H21F2N3O. The average Bonchev–Trinajstić information content (AvgIpc) is 3.12. The number of aryl methyl sites for hydroxylation is 2. The highest BCUT2D eigenvalue weighted by Crippen LogP contribution is 2.33. The van der Waals surface area contributed by atoms with Crippen LogP contribution in [0.3, 0.4) is 0 Å². The molecule has 0 saturated carbocycles. The Morgan fingerprint density at radius 2 is 2.04 bits per heavy atom. The maximum Gasteiger partial charge on any atom is 0.223 e. The molecule has 0 spiro atoms. The van der Waals surface area contributed by atoms with E-state index in [0.29, 0.717) is 18.7 Å². The van der Waals surface area contributed by atoms with Gasteiger partial charge in [0.25, 0.3) is 0 Å². The largest absolute Gasteiger partial charge is 0.337 e. The Balaban J connectivity index is 1.52. The number of nitrogens with zero attached hydrogens (tertiary/aromatic N) is 3. The van der Waals surface area contributed by atoms with Crippen LogP contribution < -0.4 is 0 Å². The molecule has 3 aromatic rings. The SMILES string of the molecule is Cn1cc(C2CN(C(=O)CCc3ccc(F)cc3F)Cc3ccccc32)cn1. The summed E-state index contributed by atoms with van der Waals surface area (Å²) in [4.78, 5) is 14.7. The van der Waals surface area contributed by atoms with E-state index in [4.69, 9.17) is 0 Å². The molecule has 144 valence electrons. The number of halogens is 2. The second kappa shape index (κ2) is 7.54. The molecule has 2 heterocycles. The van der Waals surface area contributed by atoms with Crippen LogP contribution in [0.25, 0.3) is 0 Å². The summed E-state index contributed by atoms with van der Waals surface area (Å²) in [5, 5.41) is 4.27. The summed E-state index contributed by atoms with van der Waals surface area (Å²) in [6, 6.07) is 11.6. The van der Waals surface area contributed by atoms with Crippen LogP contribution >= 0.6 is 0 Å². The summed E-state index contributed by atoms with van der Waals surface area (Å²) in [6.45, 7) is 1.10. The zero-order chi connectivity index (χ0) is 19.7. The number of rotatable bonds is 4. The molecule has 6 heteroatoms. The van der Waals surface area contributed by atoms with Gasteiger partial charge in [0, 0.05) is 44.7 Å². The Morgan fingerprint density at radius 3 is 2.79 bits per heavy atom. The van der Waals surface area contributed by atoms with Gasteiger partial charge < -0.3 is 4.90 Å². The van der Waals surface area contributed by atoms with Crippen molar-refractivity contribution in [3.8, 4) is 0 Å². The van der Waals surface area contributed by atoms with Gasteiger partial charge in [-0.1, -0.05) is 30.3 Å². The first-order valence-corrected chi connectivity index (χ1v) is 9.29. The van der Waals surface area contributed by atoms with Gasteiger partial charge in [0.2, 0.25) is 5.91 Å². The summed E-state index contributed by atoms with van der Waals surface area (Å²) in [7, 11) is 1.87. The van der Waals surface area contributed by atoms with Crippen LogP contribution in [-0.2, 0) is 24.8 Å². The van der Waals surface area contributed by atoms with Gasteiger partial charge in [0.15, 0.2) is 0 Å². The van der Waals surface area contributed by atoms with E-state index >= 15 is 0 Å². The first-order chi connectivity index (χ1) is 13.5. The molecule has 0 fully saturated rings. The van der Waals surface area contributed by atoms with Crippen molar-refractivity contribution in [2.75, 3.05) is 6.54 Å². The van der Waals surface area contributed by atoms with Crippen molar-refractivity contribution in [2.45, 2.75) is 25.3 Å². The predicted molar refractivity (Wildman–Crippen MR) is 102 cm³/mol. The zero-order valence-corrected chi connectivity index (χ0v) is 15.6. The maximum absolute atomic E-state index is 13.9. The van der Waals surface area contributed by atoms with Crippen LogP contribution in [0.1, 0.15) is 34.6 Å². The fraction of sp³-hybridized carbons (Fsp3) is 0.273. The molecule has 28 heavy (non-hydrogen) atoms. The Morgan fingerprint density at radius 1 is 1.21 bits per heavy atom. The van der Waals surface area contributed by atoms with Gasteiger partial charge in [-0.2, -0.15) is 5.10 Å². The Labute approximate surface area is 162 Å². The fourth-order valence-electron chi connectivity index (χ4n) is 3.83. The minimum atomic E-state index is -0.612. The monoisotopic (exact) mass is 381 g/mol. The molecule has 0 aliphatic carbocycles. The van der Waals surface area contributed by atoms with Crippen LogP contribution in [0.4, 0.5) is 8.78 Å². The summed E-state index contributed by atoms with van der Waals surface area (Å²) >= 11 is 0. The van der Waals surface area contributed by atoms with Gasteiger partial charge in [0.05, 0.1) is 6.20 Å². The van der Waals surface area contributed by atoms with Crippen LogP contribution in [-0.4, -0.2) is 27.1 Å². The minimum Gasteiger partial charge on any atom is -0.337 e. The number of aromatic nitrogens is 2. The van der Waals surface area contributed by atoms with Crippen molar-refractivity contribution in [1.29, 1.82) is 0 Å². The van der Waals surface area contributed by atoms with Crippen molar-refractivity contribution in [3.63, 3.8) is 0 Å². The zero-order valence-electron chi connectivity index (χ0n) is 15.6. The molecule has 1 unspecified atom stereocenters. The van der Waals surface area contributed by atoms with E-state index in [1.807, 2.05) is 42.5 Å². The van der Waals surface area contributed by atoms with E-state index in [1.165, 1.54) is 17.7 Å². The van der Waals surface area contributed by atoms with Crippen molar-refractivity contribution in [2.24, 2.45) is 7.05 Å². The average molecular weight is 381 g/mol. The number of benzene rings is 2. The van der Waals surface area contributed by atoms with E-state index in [-0.39, 0.29) is 24.7 Å². The number of carbonyl (C=O) groups excluding carboxylic acids is 1. The lowest BCUT2D eigenvalue weighted by atomic mass is 9.86. The van der Waals surface area contributed by atoms with Gasteiger partial charge in [-0.15, -0.1) is 0 Å². The normalized spacial score (nSPS) is 16.1. The number of amides is 1. The van der Waals surface area contributed by atoms with Crippen LogP contribution in [0, 0.1) is 11.6 Å². The Bertz CT molecular complexity index is 1010.